The van der Waals surface area contributed by atoms with Gasteiger partial charge in [-0.15, -0.1) is 11.3 Å². The Hall–Kier alpha value is -1.65. The predicted octanol–water partition coefficient (Wildman–Crippen LogP) is 1.72. The van der Waals surface area contributed by atoms with Gasteiger partial charge < -0.3 is 9.80 Å². The highest BCUT2D eigenvalue weighted by molar-refractivity contribution is 7.13. The van der Waals surface area contributed by atoms with Gasteiger partial charge in [-0.25, -0.2) is 4.98 Å². The zero-order valence-electron chi connectivity index (χ0n) is 14.5. The van der Waals surface area contributed by atoms with Gasteiger partial charge in [0.2, 0.25) is 5.91 Å². The monoisotopic (exact) mass is 335 g/mol. The standard InChI is InChI=1S/C16H25N5OS/c1-12-10-23-15(18-12)21-7-6-20(8-13(21)2)9-14(22)19(5)16(3,4)11-17/h10,13H,6-9H2,1-5H3. The maximum atomic E-state index is 12.4. The summed E-state index contributed by atoms with van der Waals surface area (Å²) in [6.45, 7) is 10.6. The highest BCUT2D eigenvalue weighted by atomic mass is 32.1. The first kappa shape index (κ1) is 17.7. The Morgan fingerprint density at radius 2 is 2.26 bits per heavy atom. The van der Waals surface area contributed by atoms with Crippen LogP contribution in [0, 0.1) is 18.3 Å². The van der Waals surface area contributed by atoms with Gasteiger partial charge in [0.1, 0.15) is 5.54 Å². The fourth-order valence-corrected chi connectivity index (χ4v) is 3.55. The Kier molecular flexibility index (Phi) is 5.27. The van der Waals surface area contributed by atoms with Gasteiger partial charge in [-0.2, -0.15) is 5.26 Å². The highest BCUT2D eigenvalue weighted by Crippen LogP contribution is 2.24. The van der Waals surface area contributed by atoms with Crippen molar-refractivity contribution in [2.45, 2.75) is 39.3 Å². The Morgan fingerprint density at radius 3 is 2.78 bits per heavy atom. The summed E-state index contributed by atoms with van der Waals surface area (Å²) in [6.07, 6.45) is 0. The molecule has 1 amide bonds. The number of carbonyl (C=O) groups is 1. The molecular formula is C16H25N5OS. The van der Waals surface area contributed by atoms with Crippen molar-refractivity contribution in [2.24, 2.45) is 0 Å². The molecule has 0 spiro atoms. The molecule has 2 rings (SSSR count). The van der Waals surface area contributed by atoms with Crippen molar-refractivity contribution in [1.29, 1.82) is 5.26 Å². The summed E-state index contributed by atoms with van der Waals surface area (Å²) in [4.78, 5) is 22.9. The van der Waals surface area contributed by atoms with Gasteiger partial charge in [0, 0.05) is 38.1 Å². The lowest BCUT2D eigenvalue weighted by Crippen LogP contribution is -2.55. The van der Waals surface area contributed by atoms with Crippen LogP contribution in [0.1, 0.15) is 26.5 Å². The number of thiazole rings is 1. The highest BCUT2D eigenvalue weighted by Gasteiger charge is 2.31. The van der Waals surface area contributed by atoms with Crippen molar-refractivity contribution >= 4 is 22.4 Å². The number of aryl methyl sites for hydroxylation is 1. The van der Waals surface area contributed by atoms with E-state index in [0.29, 0.717) is 12.6 Å². The smallest absolute Gasteiger partial charge is 0.237 e. The van der Waals surface area contributed by atoms with E-state index in [2.05, 4.69) is 33.2 Å². The number of hydrogen-bond acceptors (Lipinski definition) is 6. The van der Waals surface area contributed by atoms with E-state index in [1.807, 2.05) is 6.92 Å². The van der Waals surface area contributed by atoms with E-state index in [4.69, 9.17) is 5.26 Å². The van der Waals surface area contributed by atoms with Crippen LogP contribution in [0.5, 0.6) is 0 Å². The van der Waals surface area contributed by atoms with Crippen molar-refractivity contribution in [2.75, 3.05) is 38.1 Å². The fourth-order valence-electron chi connectivity index (χ4n) is 2.62. The Labute approximate surface area is 142 Å². The van der Waals surface area contributed by atoms with Crippen molar-refractivity contribution < 1.29 is 4.79 Å². The third-order valence-electron chi connectivity index (χ3n) is 4.41. The van der Waals surface area contributed by atoms with Crippen LogP contribution in [0.2, 0.25) is 0 Å². The Bertz CT molecular complexity index is 606. The molecule has 0 aromatic carbocycles. The molecule has 1 fully saturated rings. The number of anilines is 1. The van der Waals surface area contributed by atoms with E-state index in [-0.39, 0.29) is 5.91 Å². The number of rotatable bonds is 4. The third kappa shape index (κ3) is 4.01. The normalized spacial score (nSPS) is 19.5. The molecule has 0 radical (unpaired) electrons. The average Bonchev–Trinajstić information content (AvgIpc) is 2.92. The van der Waals surface area contributed by atoms with E-state index >= 15 is 0 Å². The number of likely N-dealkylation sites (N-methyl/N-ethyl adjacent to an activating group) is 1. The number of piperazine rings is 1. The lowest BCUT2D eigenvalue weighted by atomic mass is 10.1. The quantitative estimate of drug-likeness (QED) is 0.838. The topological polar surface area (TPSA) is 63.5 Å². The number of nitriles is 1. The molecule has 0 bridgehead atoms. The van der Waals surface area contributed by atoms with Crippen molar-refractivity contribution in [3.8, 4) is 6.07 Å². The second-order valence-electron chi connectivity index (χ2n) is 6.67. The molecule has 1 aliphatic rings. The molecule has 126 valence electrons. The molecule has 23 heavy (non-hydrogen) atoms. The third-order valence-corrected chi connectivity index (χ3v) is 5.40. The molecule has 1 saturated heterocycles. The number of nitrogens with zero attached hydrogens (tertiary/aromatic N) is 5. The number of aromatic nitrogens is 1. The minimum Gasteiger partial charge on any atom is -0.343 e. The van der Waals surface area contributed by atoms with Crippen LogP contribution in [0.15, 0.2) is 5.38 Å². The molecular weight excluding hydrogens is 310 g/mol. The number of amides is 1. The van der Waals surface area contributed by atoms with Gasteiger partial charge in [0.25, 0.3) is 0 Å². The fraction of sp³-hybridized carbons (Fsp3) is 0.688. The first-order valence-corrected chi connectivity index (χ1v) is 8.71. The summed E-state index contributed by atoms with van der Waals surface area (Å²) < 4.78 is 0. The molecule has 6 nitrogen and oxygen atoms in total. The van der Waals surface area contributed by atoms with Gasteiger partial charge in [0.05, 0.1) is 18.3 Å². The Balaban J connectivity index is 1.93. The molecule has 0 N–H and O–H groups in total. The summed E-state index contributed by atoms with van der Waals surface area (Å²) in [5.41, 5.74) is 0.276. The van der Waals surface area contributed by atoms with Crippen LogP contribution < -0.4 is 4.90 Å². The molecule has 1 aromatic rings. The summed E-state index contributed by atoms with van der Waals surface area (Å²) in [5, 5.41) is 12.3. The van der Waals surface area contributed by atoms with Crippen molar-refractivity contribution in [1.82, 2.24) is 14.8 Å². The van der Waals surface area contributed by atoms with E-state index in [0.717, 1.165) is 30.5 Å². The maximum Gasteiger partial charge on any atom is 0.237 e. The molecule has 1 atom stereocenters. The first-order chi connectivity index (χ1) is 10.7. The second-order valence-corrected chi connectivity index (χ2v) is 7.51. The number of hydrogen-bond donors (Lipinski definition) is 0. The SMILES string of the molecule is Cc1csc(N2CCN(CC(=O)N(C)C(C)(C)C#N)CC2C)n1. The van der Waals surface area contributed by atoms with Crippen molar-refractivity contribution in [3.05, 3.63) is 11.1 Å². The average molecular weight is 335 g/mol. The predicted molar refractivity (Wildman–Crippen MR) is 92.6 cm³/mol. The Morgan fingerprint density at radius 1 is 1.57 bits per heavy atom. The maximum absolute atomic E-state index is 12.4. The molecule has 7 heteroatoms. The van der Waals surface area contributed by atoms with E-state index in [1.54, 1.807) is 32.2 Å². The first-order valence-electron chi connectivity index (χ1n) is 7.83. The second kappa shape index (κ2) is 6.85. The van der Waals surface area contributed by atoms with E-state index in [1.165, 1.54) is 4.90 Å². The van der Waals surface area contributed by atoms with Crippen LogP contribution in [0.4, 0.5) is 5.13 Å². The molecule has 0 aliphatic carbocycles. The van der Waals surface area contributed by atoms with Gasteiger partial charge in [0.15, 0.2) is 5.13 Å². The summed E-state index contributed by atoms with van der Waals surface area (Å²) in [7, 11) is 1.70. The van der Waals surface area contributed by atoms with E-state index < -0.39 is 5.54 Å². The van der Waals surface area contributed by atoms with Crippen LogP contribution in [-0.2, 0) is 4.79 Å². The van der Waals surface area contributed by atoms with Crippen molar-refractivity contribution in [3.63, 3.8) is 0 Å². The van der Waals surface area contributed by atoms with Gasteiger partial charge in [-0.1, -0.05) is 0 Å². The van der Waals surface area contributed by atoms with Crippen LogP contribution in [0.3, 0.4) is 0 Å². The summed E-state index contributed by atoms with van der Waals surface area (Å²) in [6, 6.07) is 2.49. The zero-order valence-corrected chi connectivity index (χ0v) is 15.4. The number of carbonyl (C=O) groups excluding carboxylic acids is 1. The lowest BCUT2D eigenvalue weighted by molar-refractivity contribution is -0.134. The van der Waals surface area contributed by atoms with E-state index in [9.17, 15) is 4.79 Å². The van der Waals surface area contributed by atoms with Gasteiger partial charge >= 0.3 is 0 Å². The minimum absolute atomic E-state index is 0.0118. The van der Waals surface area contributed by atoms with Gasteiger partial charge in [-0.3, -0.25) is 9.69 Å². The molecule has 0 saturated carbocycles. The minimum atomic E-state index is -0.775. The summed E-state index contributed by atoms with van der Waals surface area (Å²) >= 11 is 1.67. The van der Waals surface area contributed by atoms with Crippen LogP contribution >= 0.6 is 11.3 Å². The summed E-state index contributed by atoms with van der Waals surface area (Å²) in [5.74, 6) is -0.0118. The molecule has 1 unspecified atom stereocenters. The van der Waals surface area contributed by atoms with Crippen LogP contribution in [-0.4, -0.2) is 65.5 Å². The molecule has 1 aromatic heterocycles. The molecule has 2 heterocycles. The van der Waals surface area contributed by atoms with Crippen LogP contribution in [0.25, 0.3) is 0 Å². The largest absolute Gasteiger partial charge is 0.343 e. The van der Waals surface area contributed by atoms with Gasteiger partial charge in [-0.05, 0) is 27.7 Å². The zero-order chi connectivity index (χ0) is 17.2. The molecule has 1 aliphatic heterocycles. The lowest BCUT2D eigenvalue weighted by Gasteiger charge is -2.40.